The summed E-state index contributed by atoms with van der Waals surface area (Å²) in [6.07, 6.45) is 0. The number of nitrogens with one attached hydrogen (secondary N) is 1. The largest absolute Gasteiger partial charge is 0.504 e. The molecule has 0 aromatic carbocycles. The van der Waals surface area contributed by atoms with Gasteiger partial charge in [-0.3, -0.25) is 0 Å². The summed E-state index contributed by atoms with van der Waals surface area (Å²) in [7, 11) is 0. The van der Waals surface area contributed by atoms with E-state index in [4.69, 9.17) is 0 Å². The quantitative estimate of drug-likeness (QED) is 0.535. The highest BCUT2D eigenvalue weighted by Gasteiger charge is 2.33. The van der Waals surface area contributed by atoms with Gasteiger partial charge < -0.3 is 36.5 Å². The van der Waals surface area contributed by atoms with Crippen molar-refractivity contribution in [1.82, 2.24) is 16.1 Å². The van der Waals surface area contributed by atoms with Crippen molar-refractivity contribution in [1.29, 1.82) is 0 Å². The first-order chi connectivity index (χ1) is 6.43. The maximum Gasteiger partial charge on any atom is 0.504 e. The van der Waals surface area contributed by atoms with Gasteiger partial charge in [0.05, 0.1) is 4.98 Å². The lowest BCUT2D eigenvalue weighted by Crippen LogP contribution is -1.94. The first kappa shape index (κ1) is 12.4. The first-order valence-electron chi connectivity index (χ1n) is 2.96. The van der Waals surface area contributed by atoms with Crippen LogP contribution in [0.4, 0.5) is 17.6 Å². The molecule has 0 spiro atoms. The van der Waals surface area contributed by atoms with E-state index in [1.165, 1.54) is 0 Å². The average Bonchev–Trinajstić information content (AvgIpc) is 2.47. The minimum atomic E-state index is -1.18. The fourth-order valence-corrected chi connectivity index (χ4v) is 0.684. The number of nitrogens with zero attached hydrogens (tertiary/aromatic N) is 4. The molecule has 1 rings (SSSR count). The number of aromatic amines is 1. The van der Waals surface area contributed by atoms with Gasteiger partial charge in [-0.2, -0.15) is 4.98 Å². The molecule has 1 aromatic rings. The molecule has 0 radical (unpaired) electrons. The van der Waals surface area contributed by atoms with Crippen LogP contribution >= 0.6 is 0 Å². The van der Waals surface area contributed by atoms with Crippen LogP contribution in [-0.4, -0.2) is 24.7 Å². The van der Waals surface area contributed by atoms with Gasteiger partial charge in [0.1, 0.15) is 0 Å². The third-order valence-corrected chi connectivity index (χ3v) is 1.18. The minimum absolute atomic E-state index is 0. The Morgan fingerprint density at radius 3 is 1.80 bits per heavy atom. The van der Waals surface area contributed by atoms with Crippen LogP contribution in [0.3, 0.4) is 0 Å². The van der Waals surface area contributed by atoms with Crippen molar-refractivity contribution in [3.05, 3.63) is 30.3 Å². The fourth-order valence-electron chi connectivity index (χ4n) is 0.684. The molecule has 0 bridgehead atoms. The van der Waals surface area contributed by atoms with Crippen molar-refractivity contribution in [2.75, 3.05) is 0 Å². The van der Waals surface area contributed by atoms with E-state index < -0.39 is 32.4 Å². The third kappa shape index (κ3) is 2.19. The zero-order chi connectivity index (χ0) is 10.9. The van der Waals surface area contributed by atoms with Crippen LogP contribution in [0.5, 0.6) is 0 Å². The molecule has 4 N–H and O–H groups in total. The average molecular weight is 220 g/mol. The normalized spacial score (nSPS) is 9.07. The monoisotopic (exact) mass is 220 g/mol. The SMILES string of the molecule is N.O=[N+]([O-])c1nc([N+](=O)[O-])c([N+](=O)[O-])[nH]1. The van der Waals surface area contributed by atoms with Crippen LogP contribution in [0.1, 0.15) is 0 Å². The summed E-state index contributed by atoms with van der Waals surface area (Å²) >= 11 is 0. The Hall–Kier alpha value is -2.63. The van der Waals surface area contributed by atoms with Crippen LogP contribution in [0, 0.1) is 30.3 Å². The molecule has 0 amide bonds. The molecule has 1 aromatic heterocycles. The molecular weight excluding hydrogens is 216 g/mol. The maximum atomic E-state index is 10.2. The predicted octanol–water partition coefficient (Wildman–Crippen LogP) is 0.296. The predicted molar refractivity (Wildman–Crippen MR) is 43.6 cm³/mol. The second-order valence-electron chi connectivity index (χ2n) is 2.00. The zero-order valence-corrected chi connectivity index (χ0v) is 6.95. The highest BCUT2D eigenvalue weighted by Crippen LogP contribution is 2.25. The fraction of sp³-hybridized carbons (Fsp3) is 0. The topological polar surface area (TPSA) is 193 Å². The van der Waals surface area contributed by atoms with E-state index in [1.807, 2.05) is 0 Å². The van der Waals surface area contributed by atoms with Crippen molar-refractivity contribution in [2.24, 2.45) is 0 Å². The molecule has 1 heterocycles. The van der Waals surface area contributed by atoms with Crippen molar-refractivity contribution >= 4 is 17.6 Å². The zero-order valence-electron chi connectivity index (χ0n) is 6.95. The van der Waals surface area contributed by atoms with Crippen LogP contribution in [0.25, 0.3) is 0 Å². The second-order valence-corrected chi connectivity index (χ2v) is 2.00. The molecule has 0 unspecified atom stereocenters. The second kappa shape index (κ2) is 4.05. The van der Waals surface area contributed by atoms with Gasteiger partial charge in [0.25, 0.3) is 0 Å². The summed E-state index contributed by atoms with van der Waals surface area (Å²) in [5.41, 5.74) is 0. The van der Waals surface area contributed by atoms with E-state index >= 15 is 0 Å². The van der Waals surface area contributed by atoms with E-state index in [1.54, 1.807) is 4.98 Å². The highest BCUT2D eigenvalue weighted by atomic mass is 16.6. The summed E-state index contributed by atoms with van der Waals surface area (Å²) in [6.45, 7) is 0. The molecule has 15 heavy (non-hydrogen) atoms. The van der Waals surface area contributed by atoms with Crippen LogP contribution in [0.2, 0.25) is 0 Å². The number of aromatic nitrogens is 2. The van der Waals surface area contributed by atoms with Crippen LogP contribution in [0.15, 0.2) is 0 Å². The molecule has 0 saturated heterocycles. The highest BCUT2D eigenvalue weighted by molar-refractivity contribution is 5.44. The van der Waals surface area contributed by atoms with Gasteiger partial charge in [-0.15, -0.1) is 0 Å². The molecule has 0 aliphatic carbocycles. The summed E-state index contributed by atoms with van der Waals surface area (Å²) in [5.74, 6) is -3.33. The van der Waals surface area contributed by atoms with Crippen molar-refractivity contribution in [3.8, 4) is 0 Å². The maximum absolute atomic E-state index is 10.2. The molecule has 82 valence electrons. The Balaban J connectivity index is 0.00000196. The number of hydrogen-bond acceptors (Lipinski definition) is 8. The van der Waals surface area contributed by atoms with Gasteiger partial charge in [-0.05, 0) is 14.8 Å². The summed E-state index contributed by atoms with van der Waals surface area (Å²) in [6, 6.07) is 0. The van der Waals surface area contributed by atoms with Gasteiger partial charge in [-0.25, -0.2) is 0 Å². The van der Waals surface area contributed by atoms with Crippen molar-refractivity contribution < 1.29 is 14.8 Å². The Labute approximate surface area is 80.0 Å². The molecule has 0 aliphatic rings. The van der Waals surface area contributed by atoms with Crippen LogP contribution < -0.4 is 6.15 Å². The standard InChI is InChI=1S/C3HN5O6.H3N/c9-6(10)1-2(7(11)12)5-3(4-1)8(13)14;/h(H,4,5);1H3. The Morgan fingerprint density at radius 1 is 1.00 bits per heavy atom. The van der Waals surface area contributed by atoms with Gasteiger partial charge in [0.15, 0.2) is 0 Å². The number of hydrogen-bond donors (Lipinski definition) is 2. The summed E-state index contributed by atoms with van der Waals surface area (Å²) in [5, 5.41) is 30.4. The van der Waals surface area contributed by atoms with Gasteiger partial charge in [0.2, 0.25) is 0 Å². The van der Waals surface area contributed by atoms with Crippen molar-refractivity contribution in [2.45, 2.75) is 0 Å². The minimum Gasteiger partial charge on any atom is -0.389 e. The molecule has 0 atom stereocenters. The lowest BCUT2D eigenvalue weighted by atomic mass is 10.7. The van der Waals surface area contributed by atoms with E-state index in [-0.39, 0.29) is 6.15 Å². The van der Waals surface area contributed by atoms with Gasteiger partial charge >= 0.3 is 17.6 Å². The van der Waals surface area contributed by atoms with Gasteiger partial charge in [0, 0.05) is 0 Å². The lowest BCUT2D eigenvalue weighted by molar-refractivity contribution is -0.427. The van der Waals surface area contributed by atoms with E-state index in [0.29, 0.717) is 0 Å². The van der Waals surface area contributed by atoms with E-state index in [2.05, 4.69) is 4.98 Å². The molecule has 12 nitrogen and oxygen atoms in total. The number of imidazole rings is 1. The molecular formula is C3H4N6O6. The molecule has 12 heteroatoms. The molecule has 0 aliphatic heterocycles. The van der Waals surface area contributed by atoms with Crippen molar-refractivity contribution in [3.63, 3.8) is 0 Å². The van der Waals surface area contributed by atoms with Gasteiger partial charge in [-0.1, -0.05) is 0 Å². The summed E-state index contributed by atoms with van der Waals surface area (Å²) < 4.78 is 0. The molecule has 0 saturated carbocycles. The van der Waals surface area contributed by atoms with E-state index in [9.17, 15) is 30.3 Å². The number of rotatable bonds is 3. The smallest absolute Gasteiger partial charge is 0.389 e. The number of nitro groups is 3. The van der Waals surface area contributed by atoms with Crippen LogP contribution in [-0.2, 0) is 0 Å². The Kier molecular flexibility index (Phi) is 3.34. The lowest BCUT2D eigenvalue weighted by Gasteiger charge is -1.88. The molecule has 0 fully saturated rings. The first-order valence-corrected chi connectivity index (χ1v) is 2.96. The third-order valence-electron chi connectivity index (χ3n) is 1.18. The number of H-pyrrole nitrogens is 1. The summed E-state index contributed by atoms with van der Waals surface area (Å²) in [4.78, 5) is 31.4. The Morgan fingerprint density at radius 2 is 1.53 bits per heavy atom. The Bertz CT molecular complexity index is 391. The van der Waals surface area contributed by atoms with E-state index in [0.717, 1.165) is 0 Å².